The monoisotopic (exact) mass is 473 g/mol. The largest absolute Gasteiger partial charge is 0.381 e. The molecule has 3 saturated heterocycles. The van der Waals surface area contributed by atoms with Crippen LogP contribution < -0.4 is 0 Å². The minimum atomic E-state index is 0.360. The topological polar surface area (TPSA) is 53.1 Å². The summed E-state index contributed by atoms with van der Waals surface area (Å²) in [6.45, 7) is 7.19. The first-order valence-electron chi connectivity index (χ1n) is 13.2. The van der Waals surface area contributed by atoms with E-state index in [-0.39, 0.29) is 0 Å². The number of ether oxygens (including phenoxy) is 1. The maximum atomic E-state index is 11.7. The van der Waals surface area contributed by atoms with Gasteiger partial charge in [-0.15, -0.1) is 0 Å². The molecule has 1 aromatic carbocycles. The zero-order chi connectivity index (χ0) is 24.7. The van der Waals surface area contributed by atoms with Gasteiger partial charge in [-0.25, -0.2) is 0 Å². The zero-order valence-electron chi connectivity index (χ0n) is 21.8. The molecule has 1 unspecified atom stereocenters. The highest BCUT2D eigenvalue weighted by Gasteiger charge is 2.50. The van der Waals surface area contributed by atoms with Gasteiger partial charge in [0, 0.05) is 50.8 Å². The molecule has 34 heavy (non-hydrogen) atoms. The van der Waals surface area contributed by atoms with Gasteiger partial charge < -0.3 is 19.4 Å². The van der Waals surface area contributed by atoms with E-state index in [9.17, 15) is 9.59 Å². The van der Waals surface area contributed by atoms with Crippen molar-refractivity contribution in [1.82, 2.24) is 14.7 Å². The summed E-state index contributed by atoms with van der Waals surface area (Å²) >= 11 is 0. The normalized spacial score (nSPS) is 20.1. The van der Waals surface area contributed by atoms with Gasteiger partial charge in [0.1, 0.15) is 0 Å². The highest BCUT2D eigenvalue weighted by molar-refractivity contribution is 5.76. The van der Waals surface area contributed by atoms with Crippen LogP contribution in [0.25, 0.3) is 0 Å². The first-order valence-corrected chi connectivity index (χ1v) is 13.2. The molecule has 4 fully saturated rings. The van der Waals surface area contributed by atoms with Crippen LogP contribution in [0.4, 0.5) is 0 Å². The number of benzene rings is 1. The summed E-state index contributed by atoms with van der Waals surface area (Å²) in [4.78, 5) is 28.3. The van der Waals surface area contributed by atoms with Crippen LogP contribution in [0, 0.1) is 0 Å². The molecule has 0 bridgehead atoms. The van der Waals surface area contributed by atoms with Crippen molar-refractivity contribution < 1.29 is 14.3 Å². The van der Waals surface area contributed by atoms with Crippen LogP contribution in [0.15, 0.2) is 36.4 Å². The molecule has 3 aliphatic heterocycles. The fraction of sp³-hybridized carbons (Fsp3) is 0.714. The summed E-state index contributed by atoms with van der Waals surface area (Å²) in [7, 11) is 4.18. The lowest BCUT2D eigenvalue weighted by Crippen LogP contribution is -2.29. The Morgan fingerprint density at radius 1 is 0.941 bits per heavy atom. The Hall–Kier alpha value is -1.92. The Morgan fingerprint density at radius 3 is 1.85 bits per heavy atom. The number of carbonyl (C=O) groups excluding carboxylic acids is 2. The predicted molar refractivity (Wildman–Crippen MR) is 139 cm³/mol. The van der Waals surface area contributed by atoms with E-state index < -0.39 is 0 Å². The van der Waals surface area contributed by atoms with Gasteiger partial charge in [0.15, 0.2) is 0 Å². The number of rotatable bonds is 6. The van der Waals surface area contributed by atoms with Gasteiger partial charge in [-0.05, 0) is 78.8 Å². The maximum absolute atomic E-state index is 11.7. The number of nitrogens with zero attached hydrogens (tertiary/aromatic N) is 3. The molecule has 2 amide bonds. The number of amides is 2. The summed E-state index contributed by atoms with van der Waals surface area (Å²) in [5, 5.41) is 0. The van der Waals surface area contributed by atoms with Crippen molar-refractivity contribution in [1.29, 1.82) is 0 Å². The highest BCUT2D eigenvalue weighted by Crippen LogP contribution is 2.48. The molecule has 5 rings (SSSR count). The highest BCUT2D eigenvalue weighted by atomic mass is 16.5. The Bertz CT molecular complexity index is 638. The molecule has 3 heterocycles. The van der Waals surface area contributed by atoms with Gasteiger partial charge in [-0.2, -0.15) is 0 Å². The van der Waals surface area contributed by atoms with Crippen LogP contribution in [0.3, 0.4) is 0 Å². The molecule has 1 atom stereocenters. The number of hydrogen-bond acceptors (Lipinski definition) is 4. The van der Waals surface area contributed by atoms with E-state index in [4.69, 9.17) is 4.74 Å². The van der Waals surface area contributed by atoms with Crippen LogP contribution in [0.1, 0.15) is 71.1 Å². The lowest BCUT2D eigenvalue weighted by atomic mass is 10.1. The van der Waals surface area contributed by atoms with Crippen molar-refractivity contribution in [2.45, 2.75) is 82.7 Å². The fourth-order valence-corrected chi connectivity index (χ4v) is 4.27. The number of hydrogen-bond donors (Lipinski definition) is 0. The third kappa shape index (κ3) is 10.6. The van der Waals surface area contributed by atoms with Gasteiger partial charge >= 0.3 is 0 Å². The van der Waals surface area contributed by atoms with Crippen LogP contribution in [0.5, 0.6) is 0 Å². The van der Waals surface area contributed by atoms with E-state index in [1.807, 2.05) is 46.2 Å². The predicted octanol–water partition coefficient (Wildman–Crippen LogP) is 4.59. The second kappa shape index (κ2) is 15.9. The average Bonchev–Trinajstić information content (AvgIpc) is 3.21. The van der Waals surface area contributed by atoms with E-state index in [0.29, 0.717) is 17.5 Å². The summed E-state index contributed by atoms with van der Waals surface area (Å²) in [6.07, 6.45) is 12.5. The Labute approximate surface area is 207 Å². The van der Waals surface area contributed by atoms with Crippen molar-refractivity contribution in [2.75, 3.05) is 46.9 Å². The molecule has 1 aliphatic carbocycles. The summed E-state index contributed by atoms with van der Waals surface area (Å²) < 4.78 is 4.72. The summed E-state index contributed by atoms with van der Waals surface area (Å²) in [5.74, 6) is 0.360. The third-order valence-corrected chi connectivity index (χ3v) is 7.20. The van der Waals surface area contributed by atoms with Crippen molar-refractivity contribution in [3.63, 3.8) is 0 Å². The fourth-order valence-electron chi connectivity index (χ4n) is 4.27. The average molecular weight is 474 g/mol. The molecular formula is C28H47N3O3. The lowest BCUT2D eigenvalue weighted by Gasteiger charge is -2.20. The van der Waals surface area contributed by atoms with E-state index >= 15 is 0 Å². The Kier molecular flexibility index (Phi) is 13.2. The smallest absolute Gasteiger partial charge is 0.222 e. The first-order chi connectivity index (χ1) is 16.5. The quantitative estimate of drug-likeness (QED) is 0.567. The molecule has 0 radical (unpaired) electrons. The second-order valence-corrected chi connectivity index (χ2v) is 10.0. The van der Waals surface area contributed by atoms with Crippen LogP contribution in [-0.2, 0) is 14.3 Å². The summed E-state index contributed by atoms with van der Waals surface area (Å²) in [6, 6.07) is 12.6. The SMILES string of the molecule is C1COC1.CC(CCCC(=O)N1CCCC1)N(C)C.O=CN1CCCC12CC2.c1ccccc1. The Morgan fingerprint density at radius 2 is 1.47 bits per heavy atom. The van der Waals surface area contributed by atoms with Crippen molar-refractivity contribution in [3.8, 4) is 0 Å². The Balaban J connectivity index is 0.000000179. The number of likely N-dealkylation sites (tertiary alicyclic amines) is 2. The molecule has 0 N–H and O–H groups in total. The van der Waals surface area contributed by atoms with E-state index in [2.05, 4.69) is 25.9 Å². The van der Waals surface area contributed by atoms with Gasteiger partial charge in [0.05, 0.1) is 0 Å². The molecule has 4 aliphatic rings. The zero-order valence-corrected chi connectivity index (χ0v) is 21.8. The molecule has 1 aromatic rings. The van der Waals surface area contributed by atoms with Gasteiger partial charge in [0.25, 0.3) is 0 Å². The van der Waals surface area contributed by atoms with Crippen LogP contribution >= 0.6 is 0 Å². The molecule has 1 spiro atoms. The van der Waals surface area contributed by atoms with Crippen molar-refractivity contribution >= 4 is 12.3 Å². The molecule has 1 saturated carbocycles. The van der Waals surface area contributed by atoms with E-state index in [1.54, 1.807) is 0 Å². The molecular weight excluding hydrogens is 426 g/mol. The van der Waals surface area contributed by atoms with Gasteiger partial charge in [-0.1, -0.05) is 36.4 Å². The van der Waals surface area contributed by atoms with E-state index in [1.165, 1.54) is 44.9 Å². The molecule has 6 heteroatoms. The minimum absolute atomic E-state index is 0.360. The van der Waals surface area contributed by atoms with Crippen molar-refractivity contribution in [2.24, 2.45) is 0 Å². The van der Waals surface area contributed by atoms with Crippen LogP contribution in [0.2, 0.25) is 0 Å². The van der Waals surface area contributed by atoms with Gasteiger partial charge in [0.2, 0.25) is 12.3 Å². The lowest BCUT2D eigenvalue weighted by molar-refractivity contribution is -0.130. The van der Waals surface area contributed by atoms with E-state index in [0.717, 1.165) is 58.5 Å². The second-order valence-electron chi connectivity index (χ2n) is 10.0. The minimum Gasteiger partial charge on any atom is -0.381 e. The maximum Gasteiger partial charge on any atom is 0.222 e. The van der Waals surface area contributed by atoms with Gasteiger partial charge in [-0.3, -0.25) is 9.59 Å². The van der Waals surface area contributed by atoms with Crippen LogP contribution in [-0.4, -0.2) is 85.5 Å². The number of carbonyl (C=O) groups is 2. The summed E-state index contributed by atoms with van der Waals surface area (Å²) in [5.41, 5.74) is 0.377. The first kappa shape index (κ1) is 28.3. The standard InChI is InChI=1S/C12H24N2O.C7H11NO.C6H6.C3H6O/c1-11(13(2)3)7-6-8-12(15)14-9-4-5-10-14;9-6-8-5-1-2-7(8)3-4-7;1-2-4-6-5-3-1;1-2-4-3-1/h11H,4-10H2,1-3H3;6H,1-5H2;1-6H;1-3H2. The third-order valence-electron chi connectivity index (χ3n) is 7.20. The molecule has 0 aromatic heterocycles. The molecule has 192 valence electrons. The van der Waals surface area contributed by atoms with Crippen molar-refractivity contribution in [3.05, 3.63) is 36.4 Å². The molecule has 6 nitrogen and oxygen atoms in total.